The molecule has 174 valence electrons. The number of ether oxygens (including phenoxy) is 1. The fraction of sp³-hybridized carbons (Fsp3) is 0.552. The lowest BCUT2D eigenvalue weighted by molar-refractivity contribution is -0.142. The highest BCUT2D eigenvalue weighted by molar-refractivity contribution is 5.95. The Hall–Kier alpha value is -2.29. The molecule has 0 radical (unpaired) electrons. The van der Waals surface area contributed by atoms with Crippen LogP contribution in [0, 0.1) is 16.2 Å². The van der Waals surface area contributed by atoms with Crippen molar-refractivity contribution >= 4 is 12.0 Å². The van der Waals surface area contributed by atoms with Gasteiger partial charge < -0.3 is 9.64 Å². The first-order valence-electron chi connectivity index (χ1n) is 12.1. The van der Waals surface area contributed by atoms with E-state index in [1.165, 1.54) is 16.8 Å². The molecule has 0 heterocycles. The molecule has 0 spiro atoms. The maximum Gasteiger partial charge on any atom is 0.335 e. The average Bonchev–Trinajstić information content (AvgIpc) is 2.96. The van der Waals surface area contributed by atoms with Crippen LogP contribution in [-0.2, 0) is 16.1 Å². The van der Waals surface area contributed by atoms with Crippen LogP contribution >= 0.6 is 0 Å². The highest BCUT2D eigenvalue weighted by Gasteiger charge is 2.71. The summed E-state index contributed by atoms with van der Waals surface area (Å²) in [6, 6.07) is 8.00. The fourth-order valence-electron chi connectivity index (χ4n) is 6.44. The first-order valence-corrected chi connectivity index (χ1v) is 12.1. The lowest BCUT2D eigenvalue weighted by atomic mass is 9.60. The van der Waals surface area contributed by atoms with E-state index in [2.05, 4.69) is 66.9 Å². The van der Waals surface area contributed by atoms with Gasteiger partial charge in [0.15, 0.2) is 0 Å². The van der Waals surface area contributed by atoms with Crippen molar-refractivity contribution in [3.8, 4) is 0 Å². The number of fused-ring (bicyclic) bond motifs is 2. The first-order chi connectivity index (χ1) is 15.0. The van der Waals surface area contributed by atoms with E-state index in [9.17, 15) is 4.79 Å². The van der Waals surface area contributed by atoms with Gasteiger partial charge in [0.25, 0.3) is 0 Å². The van der Waals surface area contributed by atoms with E-state index in [1.807, 2.05) is 30.3 Å². The number of rotatable bonds is 9. The Morgan fingerprint density at radius 1 is 0.969 bits per heavy atom. The molecule has 0 fully saturated rings. The zero-order chi connectivity index (χ0) is 23.9. The van der Waals surface area contributed by atoms with Crippen molar-refractivity contribution in [2.24, 2.45) is 16.2 Å². The second-order valence-electron chi connectivity index (χ2n) is 10.4. The fourth-order valence-corrected chi connectivity index (χ4v) is 6.44. The highest BCUT2D eigenvalue weighted by atomic mass is 16.5. The molecular weight excluding hydrogens is 394 g/mol. The second kappa shape index (κ2) is 8.57. The molecule has 0 aliphatic heterocycles. The Labute approximate surface area is 195 Å². The van der Waals surface area contributed by atoms with Crippen molar-refractivity contribution < 1.29 is 9.53 Å². The summed E-state index contributed by atoms with van der Waals surface area (Å²) < 4.78 is 5.93. The summed E-state index contributed by atoms with van der Waals surface area (Å²) in [5, 5.41) is 0. The number of benzene rings is 1. The summed E-state index contributed by atoms with van der Waals surface area (Å²) in [6.45, 7) is 24.3. The van der Waals surface area contributed by atoms with Crippen LogP contribution in [0.4, 0.5) is 0 Å². The number of hydrogen-bond acceptors (Lipinski definition) is 3. The first kappa shape index (κ1) is 24.4. The van der Waals surface area contributed by atoms with Crippen LogP contribution in [-0.4, -0.2) is 24.0 Å². The lowest BCUT2D eigenvalue weighted by Crippen LogP contribution is -2.43. The standard InChI is InChI=1S/C29H41NO2/c1-10-17-30(18-11-2)25-21(5)28(8)20(4)24(29(25,9)27(28,6)7)26(31)32-19-23-15-13-22(12-3)14-16-23/h12-16H,3,10-11,17-19H2,1-2,4-9H3/t28-,29+/m0/s1. The van der Waals surface area contributed by atoms with Gasteiger partial charge in [-0.1, -0.05) is 77.1 Å². The van der Waals surface area contributed by atoms with E-state index >= 15 is 0 Å². The van der Waals surface area contributed by atoms with Crippen molar-refractivity contribution in [2.45, 2.75) is 74.8 Å². The summed E-state index contributed by atoms with van der Waals surface area (Å²) in [4.78, 5) is 16.2. The zero-order valence-electron chi connectivity index (χ0n) is 21.4. The molecule has 0 N–H and O–H groups in total. The van der Waals surface area contributed by atoms with Crippen LogP contribution in [0.1, 0.15) is 79.4 Å². The van der Waals surface area contributed by atoms with Crippen LogP contribution in [0.3, 0.4) is 0 Å². The van der Waals surface area contributed by atoms with Crippen LogP contribution < -0.4 is 0 Å². The molecule has 0 saturated heterocycles. The van der Waals surface area contributed by atoms with E-state index in [4.69, 9.17) is 4.74 Å². The second-order valence-corrected chi connectivity index (χ2v) is 10.4. The van der Waals surface area contributed by atoms with Gasteiger partial charge in [0.1, 0.15) is 6.61 Å². The number of carbonyl (C=O) groups is 1. The minimum atomic E-state index is -0.371. The molecule has 1 aromatic rings. The molecule has 0 unspecified atom stereocenters. The van der Waals surface area contributed by atoms with E-state index in [0.29, 0.717) is 0 Å². The van der Waals surface area contributed by atoms with Crippen molar-refractivity contribution in [1.82, 2.24) is 4.90 Å². The minimum Gasteiger partial charge on any atom is -0.457 e. The molecular formula is C29H41NO2. The Bertz CT molecular complexity index is 959. The third kappa shape index (κ3) is 3.19. The number of hydrogen-bond donors (Lipinski definition) is 0. The van der Waals surface area contributed by atoms with Crippen LogP contribution in [0.15, 0.2) is 53.3 Å². The monoisotopic (exact) mass is 435 g/mol. The van der Waals surface area contributed by atoms with Crippen LogP contribution in [0.2, 0.25) is 0 Å². The molecule has 2 aliphatic rings. The Morgan fingerprint density at radius 3 is 2.00 bits per heavy atom. The highest BCUT2D eigenvalue weighted by Crippen LogP contribution is 2.76. The largest absolute Gasteiger partial charge is 0.457 e. The predicted molar refractivity (Wildman–Crippen MR) is 134 cm³/mol. The van der Waals surface area contributed by atoms with Gasteiger partial charge in [-0.2, -0.15) is 0 Å². The van der Waals surface area contributed by atoms with E-state index in [1.54, 1.807) is 0 Å². The number of allylic oxidation sites excluding steroid dienone is 3. The van der Waals surface area contributed by atoms with Gasteiger partial charge in [-0.15, -0.1) is 0 Å². The Kier molecular flexibility index (Phi) is 6.52. The van der Waals surface area contributed by atoms with Crippen molar-refractivity contribution in [3.63, 3.8) is 0 Å². The molecule has 0 saturated carbocycles. The molecule has 2 aliphatic carbocycles. The van der Waals surface area contributed by atoms with Gasteiger partial charge in [0.2, 0.25) is 0 Å². The summed E-state index contributed by atoms with van der Waals surface area (Å²) >= 11 is 0. The molecule has 2 bridgehead atoms. The van der Waals surface area contributed by atoms with Gasteiger partial charge in [0.05, 0.1) is 0 Å². The summed E-state index contributed by atoms with van der Waals surface area (Å²) in [5.41, 5.74) is 6.22. The van der Waals surface area contributed by atoms with E-state index in [-0.39, 0.29) is 28.8 Å². The summed E-state index contributed by atoms with van der Waals surface area (Å²) in [6.07, 6.45) is 4.00. The third-order valence-corrected chi connectivity index (χ3v) is 8.80. The van der Waals surface area contributed by atoms with Gasteiger partial charge >= 0.3 is 5.97 Å². The average molecular weight is 436 g/mol. The van der Waals surface area contributed by atoms with Crippen LogP contribution in [0.25, 0.3) is 6.08 Å². The van der Waals surface area contributed by atoms with Gasteiger partial charge in [0, 0.05) is 35.2 Å². The molecule has 0 amide bonds. The summed E-state index contributed by atoms with van der Waals surface area (Å²) in [5.74, 6) is -0.174. The van der Waals surface area contributed by atoms with Gasteiger partial charge in [-0.3, -0.25) is 0 Å². The molecule has 32 heavy (non-hydrogen) atoms. The molecule has 0 aromatic heterocycles. The quantitative estimate of drug-likeness (QED) is 0.386. The van der Waals surface area contributed by atoms with E-state index in [0.717, 1.165) is 42.6 Å². The zero-order valence-corrected chi connectivity index (χ0v) is 21.4. The normalized spacial score (nSPS) is 26.0. The van der Waals surface area contributed by atoms with Crippen molar-refractivity contribution in [1.29, 1.82) is 0 Å². The number of carbonyl (C=O) groups excluding carboxylic acids is 1. The van der Waals surface area contributed by atoms with Gasteiger partial charge in [-0.05, 0) is 55.7 Å². The minimum absolute atomic E-state index is 0.108. The SMILES string of the molecule is C=Cc1ccc(COC(=O)C2=C(C)[C@@]3(C)C(C)=C(N(CCC)CCC)[C@]2(C)C3(C)C)cc1. The summed E-state index contributed by atoms with van der Waals surface area (Å²) in [7, 11) is 0. The topological polar surface area (TPSA) is 29.5 Å². The molecule has 3 rings (SSSR count). The molecule has 3 heteroatoms. The molecule has 2 atom stereocenters. The molecule has 1 aromatic carbocycles. The maximum absolute atomic E-state index is 13.6. The number of esters is 1. The Morgan fingerprint density at radius 2 is 1.53 bits per heavy atom. The Balaban J connectivity index is 1.99. The maximum atomic E-state index is 13.6. The third-order valence-electron chi connectivity index (χ3n) is 8.80. The van der Waals surface area contributed by atoms with Crippen LogP contribution in [0.5, 0.6) is 0 Å². The molecule has 3 nitrogen and oxygen atoms in total. The van der Waals surface area contributed by atoms with Crippen molar-refractivity contribution in [3.05, 3.63) is 64.4 Å². The van der Waals surface area contributed by atoms with Gasteiger partial charge in [-0.25, -0.2) is 4.79 Å². The predicted octanol–water partition coefficient (Wildman–Crippen LogP) is 7.15. The van der Waals surface area contributed by atoms with E-state index < -0.39 is 0 Å². The number of nitrogens with zero attached hydrogens (tertiary/aromatic N) is 1. The van der Waals surface area contributed by atoms with Crippen molar-refractivity contribution in [2.75, 3.05) is 13.1 Å². The smallest absolute Gasteiger partial charge is 0.335 e. The lowest BCUT2D eigenvalue weighted by Gasteiger charge is -2.44.